The zero-order chi connectivity index (χ0) is 12.0. The van der Waals surface area contributed by atoms with E-state index in [9.17, 15) is 9.90 Å². The largest absolute Gasteiger partial charge is 0.387 e. The van der Waals surface area contributed by atoms with E-state index in [1.54, 1.807) is 0 Å². The maximum atomic E-state index is 11.2. The molecule has 0 heterocycles. The number of aliphatic hydroxyl groups is 1. The molecule has 1 rings (SSSR count). The molecule has 0 radical (unpaired) electrons. The Balaban J connectivity index is 2.50. The topological polar surface area (TPSA) is 75.3 Å². The van der Waals surface area contributed by atoms with Gasteiger partial charge in [0.15, 0.2) is 0 Å². The van der Waals surface area contributed by atoms with Gasteiger partial charge >= 0.3 is 0 Å². The smallest absolute Gasteiger partial charge is 0.221 e. The van der Waals surface area contributed by atoms with Crippen LogP contribution >= 0.6 is 0 Å². The monoisotopic (exact) mass is 222 g/mol. The van der Waals surface area contributed by atoms with Crippen molar-refractivity contribution >= 4 is 5.91 Å². The highest BCUT2D eigenvalue weighted by atomic mass is 16.3. The zero-order valence-electron chi connectivity index (χ0n) is 9.44. The van der Waals surface area contributed by atoms with Crippen molar-refractivity contribution in [3.63, 3.8) is 0 Å². The van der Waals surface area contributed by atoms with Gasteiger partial charge in [0.05, 0.1) is 6.10 Å². The van der Waals surface area contributed by atoms with Crippen LogP contribution < -0.4 is 11.1 Å². The molecular formula is C12H18N2O2. The van der Waals surface area contributed by atoms with Gasteiger partial charge < -0.3 is 16.2 Å². The molecule has 4 nitrogen and oxygen atoms in total. The van der Waals surface area contributed by atoms with Crippen LogP contribution in [0, 0.1) is 6.92 Å². The number of amides is 1. The van der Waals surface area contributed by atoms with E-state index in [0.29, 0.717) is 13.0 Å². The van der Waals surface area contributed by atoms with Crippen molar-refractivity contribution in [3.05, 3.63) is 35.4 Å². The minimum atomic E-state index is -0.664. The van der Waals surface area contributed by atoms with Gasteiger partial charge in [-0.2, -0.15) is 0 Å². The molecule has 4 N–H and O–H groups in total. The third-order valence-corrected chi connectivity index (χ3v) is 2.41. The fourth-order valence-electron chi connectivity index (χ4n) is 1.50. The van der Waals surface area contributed by atoms with Crippen LogP contribution in [0.1, 0.15) is 23.7 Å². The molecule has 0 aliphatic carbocycles. The standard InChI is InChI=1S/C12H18N2O2/c1-9-4-2-3-5-10(9)11(15)8-14-12(16)6-7-13/h2-5,11,15H,6-8,13H2,1H3,(H,14,16). The molecule has 88 valence electrons. The number of aliphatic hydroxyl groups excluding tert-OH is 1. The van der Waals surface area contributed by atoms with Gasteiger partial charge in [-0.25, -0.2) is 0 Å². The van der Waals surface area contributed by atoms with Crippen LogP contribution in [0.25, 0.3) is 0 Å². The van der Waals surface area contributed by atoms with Crippen LogP contribution in [0.2, 0.25) is 0 Å². The van der Waals surface area contributed by atoms with Crippen LogP contribution in [0.5, 0.6) is 0 Å². The Morgan fingerprint density at radius 3 is 2.81 bits per heavy atom. The van der Waals surface area contributed by atoms with Crippen LogP contribution in [0.4, 0.5) is 0 Å². The Bertz CT molecular complexity index is 353. The van der Waals surface area contributed by atoms with Crippen LogP contribution in [-0.2, 0) is 4.79 Å². The molecule has 1 aromatic rings. The summed E-state index contributed by atoms with van der Waals surface area (Å²) in [4.78, 5) is 11.2. The van der Waals surface area contributed by atoms with E-state index < -0.39 is 6.10 Å². The lowest BCUT2D eigenvalue weighted by molar-refractivity contribution is -0.121. The Hall–Kier alpha value is -1.39. The first-order valence-electron chi connectivity index (χ1n) is 5.35. The molecule has 16 heavy (non-hydrogen) atoms. The fourth-order valence-corrected chi connectivity index (χ4v) is 1.50. The summed E-state index contributed by atoms with van der Waals surface area (Å²) < 4.78 is 0. The molecule has 0 saturated heterocycles. The van der Waals surface area contributed by atoms with E-state index >= 15 is 0 Å². The second-order valence-electron chi connectivity index (χ2n) is 3.72. The van der Waals surface area contributed by atoms with Gasteiger partial charge in [0.25, 0.3) is 0 Å². The molecule has 1 atom stereocenters. The molecule has 0 bridgehead atoms. The quantitative estimate of drug-likeness (QED) is 0.679. The highest BCUT2D eigenvalue weighted by Gasteiger charge is 2.10. The maximum absolute atomic E-state index is 11.2. The number of hydrogen-bond acceptors (Lipinski definition) is 3. The van der Waals surface area contributed by atoms with E-state index in [2.05, 4.69) is 5.32 Å². The summed E-state index contributed by atoms with van der Waals surface area (Å²) in [6.45, 7) is 2.48. The number of carbonyl (C=O) groups is 1. The molecule has 1 unspecified atom stereocenters. The first kappa shape index (κ1) is 12.7. The Kier molecular flexibility index (Phi) is 4.95. The number of nitrogens with two attached hydrogens (primary N) is 1. The Morgan fingerprint density at radius 2 is 2.19 bits per heavy atom. The molecular weight excluding hydrogens is 204 g/mol. The number of rotatable bonds is 5. The van der Waals surface area contributed by atoms with Gasteiger partial charge in [0.2, 0.25) is 5.91 Å². The second-order valence-corrected chi connectivity index (χ2v) is 3.72. The average Bonchev–Trinajstić information content (AvgIpc) is 2.27. The zero-order valence-corrected chi connectivity index (χ0v) is 9.44. The van der Waals surface area contributed by atoms with Gasteiger partial charge in [-0.1, -0.05) is 24.3 Å². The SMILES string of the molecule is Cc1ccccc1C(O)CNC(=O)CCN. The first-order valence-corrected chi connectivity index (χ1v) is 5.35. The maximum Gasteiger partial charge on any atom is 0.221 e. The summed E-state index contributed by atoms with van der Waals surface area (Å²) in [5, 5.41) is 12.5. The van der Waals surface area contributed by atoms with E-state index in [1.165, 1.54) is 0 Å². The minimum Gasteiger partial charge on any atom is -0.387 e. The fraction of sp³-hybridized carbons (Fsp3) is 0.417. The van der Waals surface area contributed by atoms with Gasteiger partial charge in [0.1, 0.15) is 0 Å². The second kappa shape index (κ2) is 6.25. The van der Waals surface area contributed by atoms with Crippen molar-refractivity contribution in [2.24, 2.45) is 5.73 Å². The number of aryl methyl sites for hydroxylation is 1. The number of nitrogens with one attached hydrogen (secondary N) is 1. The molecule has 4 heteroatoms. The molecule has 0 fully saturated rings. The molecule has 1 aromatic carbocycles. The lowest BCUT2D eigenvalue weighted by Gasteiger charge is -2.14. The van der Waals surface area contributed by atoms with Crippen molar-refractivity contribution in [2.75, 3.05) is 13.1 Å². The molecule has 0 spiro atoms. The molecule has 0 saturated carbocycles. The lowest BCUT2D eigenvalue weighted by atomic mass is 10.0. The molecule has 1 amide bonds. The number of carbonyl (C=O) groups excluding carboxylic acids is 1. The summed E-state index contributed by atoms with van der Waals surface area (Å²) in [5.74, 6) is -0.130. The van der Waals surface area contributed by atoms with Gasteiger partial charge in [-0.15, -0.1) is 0 Å². The van der Waals surface area contributed by atoms with Crippen LogP contribution in [0.3, 0.4) is 0 Å². The minimum absolute atomic E-state index is 0.130. The van der Waals surface area contributed by atoms with Crippen LogP contribution in [0.15, 0.2) is 24.3 Å². The van der Waals surface area contributed by atoms with Gasteiger partial charge in [-0.05, 0) is 18.1 Å². The van der Waals surface area contributed by atoms with Crippen molar-refractivity contribution in [2.45, 2.75) is 19.4 Å². The lowest BCUT2D eigenvalue weighted by Crippen LogP contribution is -2.29. The summed E-state index contributed by atoms with van der Waals surface area (Å²) >= 11 is 0. The summed E-state index contributed by atoms with van der Waals surface area (Å²) in [6, 6.07) is 7.57. The summed E-state index contributed by atoms with van der Waals surface area (Å²) in [7, 11) is 0. The van der Waals surface area contributed by atoms with E-state index in [4.69, 9.17) is 5.73 Å². The van der Waals surface area contributed by atoms with Crippen LogP contribution in [-0.4, -0.2) is 24.1 Å². The highest BCUT2D eigenvalue weighted by molar-refractivity contribution is 5.76. The Labute approximate surface area is 95.5 Å². The predicted octanol–water partition coefficient (Wildman–Crippen LogP) is 0.493. The molecule has 0 aliphatic heterocycles. The average molecular weight is 222 g/mol. The Morgan fingerprint density at radius 1 is 1.50 bits per heavy atom. The third kappa shape index (κ3) is 3.64. The van der Waals surface area contributed by atoms with E-state index in [1.807, 2.05) is 31.2 Å². The van der Waals surface area contributed by atoms with Gasteiger partial charge in [-0.3, -0.25) is 4.79 Å². The van der Waals surface area contributed by atoms with Crippen molar-refractivity contribution in [3.8, 4) is 0 Å². The normalized spacial score (nSPS) is 12.2. The highest BCUT2D eigenvalue weighted by Crippen LogP contribution is 2.16. The van der Waals surface area contributed by atoms with E-state index in [0.717, 1.165) is 11.1 Å². The van der Waals surface area contributed by atoms with Crippen molar-refractivity contribution in [1.82, 2.24) is 5.32 Å². The number of hydrogen-bond donors (Lipinski definition) is 3. The van der Waals surface area contributed by atoms with Crippen molar-refractivity contribution in [1.29, 1.82) is 0 Å². The predicted molar refractivity (Wildman–Crippen MR) is 62.8 cm³/mol. The van der Waals surface area contributed by atoms with Gasteiger partial charge in [0, 0.05) is 19.5 Å². The molecule has 0 aromatic heterocycles. The number of benzene rings is 1. The van der Waals surface area contributed by atoms with Crippen molar-refractivity contribution < 1.29 is 9.90 Å². The molecule has 0 aliphatic rings. The summed E-state index contributed by atoms with van der Waals surface area (Å²) in [5.41, 5.74) is 7.11. The van der Waals surface area contributed by atoms with E-state index in [-0.39, 0.29) is 12.5 Å². The summed E-state index contributed by atoms with van der Waals surface area (Å²) in [6.07, 6.45) is -0.372. The first-order chi connectivity index (χ1) is 7.65. The third-order valence-electron chi connectivity index (χ3n) is 2.41.